The average Bonchev–Trinajstić information content (AvgIpc) is 2.47. The van der Waals surface area contributed by atoms with Crippen LogP contribution in [0.1, 0.15) is 34.6 Å². The van der Waals surface area contributed by atoms with Gasteiger partial charge in [0.25, 0.3) is 0 Å². The van der Waals surface area contributed by atoms with Crippen LogP contribution in [0.25, 0.3) is 0 Å². The highest BCUT2D eigenvalue weighted by Gasteiger charge is 2.16. The van der Waals surface area contributed by atoms with E-state index < -0.39 is 6.10 Å². The Labute approximate surface area is 132 Å². The number of ketones is 2. The molecule has 0 unspecified atom stereocenters. The Morgan fingerprint density at radius 1 is 0.952 bits per heavy atom. The molecule has 2 rings (SSSR count). The third kappa shape index (κ3) is 4.02. The van der Waals surface area contributed by atoms with E-state index in [1.807, 2.05) is 12.1 Å². The lowest BCUT2D eigenvalue weighted by Crippen LogP contribution is -2.23. The molecule has 21 heavy (non-hydrogen) atoms. The molecule has 0 bridgehead atoms. The van der Waals surface area contributed by atoms with Crippen molar-refractivity contribution in [1.82, 2.24) is 0 Å². The van der Waals surface area contributed by atoms with Crippen LogP contribution in [0.4, 0.5) is 0 Å². The van der Waals surface area contributed by atoms with E-state index in [9.17, 15) is 9.59 Å². The first-order valence-corrected chi connectivity index (χ1v) is 7.34. The summed E-state index contributed by atoms with van der Waals surface area (Å²) < 4.78 is 6.55. The molecule has 0 N–H and O–H groups in total. The number of ether oxygens (including phenoxy) is 1. The first kappa shape index (κ1) is 15.4. The summed E-state index contributed by atoms with van der Waals surface area (Å²) in [4.78, 5) is 23.4. The number of hydrogen-bond acceptors (Lipinski definition) is 3. The minimum Gasteiger partial charge on any atom is -0.483 e. The standard InChI is InChI=1S/C17H15BrO3/c1-11(19)13-5-9-16(10-6-13)21-12(2)17(20)14-3-7-15(18)8-4-14/h3-10,12H,1-2H3/t12-/m0/s1. The van der Waals surface area contributed by atoms with Crippen LogP contribution in [0.2, 0.25) is 0 Å². The Kier molecular flexibility index (Phi) is 4.91. The molecule has 0 spiro atoms. The van der Waals surface area contributed by atoms with Gasteiger partial charge in [-0.1, -0.05) is 28.1 Å². The van der Waals surface area contributed by atoms with Crippen molar-refractivity contribution in [2.24, 2.45) is 0 Å². The van der Waals surface area contributed by atoms with Gasteiger partial charge in [-0.05, 0) is 50.2 Å². The summed E-state index contributed by atoms with van der Waals surface area (Å²) in [7, 11) is 0. The number of rotatable bonds is 5. The summed E-state index contributed by atoms with van der Waals surface area (Å²) in [5.74, 6) is 0.483. The van der Waals surface area contributed by atoms with E-state index in [-0.39, 0.29) is 11.6 Å². The molecule has 0 heterocycles. The Balaban J connectivity index is 2.06. The van der Waals surface area contributed by atoms with Gasteiger partial charge >= 0.3 is 0 Å². The fourth-order valence-electron chi connectivity index (χ4n) is 1.87. The van der Waals surface area contributed by atoms with Crippen LogP contribution in [0.3, 0.4) is 0 Å². The molecule has 1 atom stereocenters. The molecule has 108 valence electrons. The summed E-state index contributed by atoms with van der Waals surface area (Å²) in [6.45, 7) is 3.22. The molecule has 4 heteroatoms. The number of benzene rings is 2. The highest BCUT2D eigenvalue weighted by molar-refractivity contribution is 9.10. The summed E-state index contributed by atoms with van der Waals surface area (Å²) in [5.41, 5.74) is 1.22. The van der Waals surface area contributed by atoms with Crippen molar-refractivity contribution in [2.75, 3.05) is 0 Å². The zero-order chi connectivity index (χ0) is 15.4. The minimum atomic E-state index is -0.589. The molecule has 0 aliphatic rings. The molecule has 0 aromatic heterocycles. The third-order valence-corrected chi connectivity index (χ3v) is 3.60. The lowest BCUT2D eigenvalue weighted by Gasteiger charge is -2.14. The maximum atomic E-state index is 12.2. The molecule has 0 saturated heterocycles. The molecule has 2 aromatic rings. The van der Waals surface area contributed by atoms with Crippen molar-refractivity contribution in [3.05, 3.63) is 64.1 Å². The first-order valence-electron chi connectivity index (χ1n) is 6.55. The van der Waals surface area contributed by atoms with Crippen LogP contribution in [0.15, 0.2) is 53.0 Å². The van der Waals surface area contributed by atoms with Crippen LogP contribution in [0.5, 0.6) is 5.75 Å². The Morgan fingerprint density at radius 3 is 2.00 bits per heavy atom. The van der Waals surface area contributed by atoms with E-state index in [2.05, 4.69) is 15.9 Å². The van der Waals surface area contributed by atoms with E-state index in [1.165, 1.54) is 6.92 Å². The van der Waals surface area contributed by atoms with Crippen molar-refractivity contribution in [3.8, 4) is 5.75 Å². The number of Topliss-reactive ketones (excluding diaryl/α,β-unsaturated/α-hetero) is 2. The zero-order valence-corrected chi connectivity index (χ0v) is 13.4. The fraction of sp³-hybridized carbons (Fsp3) is 0.176. The van der Waals surface area contributed by atoms with Gasteiger partial charge in [0.05, 0.1) is 0 Å². The van der Waals surface area contributed by atoms with E-state index >= 15 is 0 Å². The van der Waals surface area contributed by atoms with E-state index in [4.69, 9.17) is 4.74 Å². The van der Waals surface area contributed by atoms with E-state index in [0.717, 1.165) is 4.47 Å². The van der Waals surface area contributed by atoms with Crippen molar-refractivity contribution in [1.29, 1.82) is 0 Å². The Morgan fingerprint density at radius 2 is 1.48 bits per heavy atom. The molecule has 0 radical (unpaired) electrons. The van der Waals surface area contributed by atoms with Gasteiger partial charge in [-0.3, -0.25) is 9.59 Å². The van der Waals surface area contributed by atoms with Gasteiger partial charge < -0.3 is 4.74 Å². The Hall–Kier alpha value is -1.94. The molecule has 0 aliphatic heterocycles. The highest BCUT2D eigenvalue weighted by atomic mass is 79.9. The smallest absolute Gasteiger partial charge is 0.202 e. The summed E-state index contributed by atoms with van der Waals surface area (Å²) in [5, 5.41) is 0. The van der Waals surface area contributed by atoms with Gasteiger partial charge in [-0.15, -0.1) is 0 Å². The van der Waals surface area contributed by atoms with Crippen LogP contribution >= 0.6 is 15.9 Å². The molecule has 0 saturated carbocycles. The van der Waals surface area contributed by atoms with E-state index in [0.29, 0.717) is 16.9 Å². The molecule has 0 amide bonds. The van der Waals surface area contributed by atoms with Crippen molar-refractivity contribution in [3.63, 3.8) is 0 Å². The largest absolute Gasteiger partial charge is 0.483 e. The Bertz CT molecular complexity index is 645. The van der Waals surface area contributed by atoms with Gasteiger partial charge in [0, 0.05) is 15.6 Å². The fourth-order valence-corrected chi connectivity index (χ4v) is 2.14. The predicted octanol–water partition coefficient (Wildman–Crippen LogP) is 4.30. The second-order valence-corrected chi connectivity index (χ2v) is 5.63. The maximum absolute atomic E-state index is 12.2. The summed E-state index contributed by atoms with van der Waals surface area (Å²) >= 11 is 3.33. The van der Waals surface area contributed by atoms with Crippen molar-refractivity contribution in [2.45, 2.75) is 20.0 Å². The van der Waals surface area contributed by atoms with Crippen LogP contribution < -0.4 is 4.74 Å². The monoisotopic (exact) mass is 346 g/mol. The molecule has 0 aliphatic carbocycles. The average molecular weight is 347 g/mol. The number of carbonyl (C=O) groups excluding carboxylic acids is 2. The van der Waals surface area contributed by atoms with Crippen LogP contribution in [0, 0.1) is 0 Å². The molecule has 3 nitrogen and oxygen atoms in total. The maximum Gasteiger partial charge on any atom is 0.202 e. The van der Waals surface area contributed by atoms with Gasteiger partial charge in [0.1, 0.15) is 5.75 Å². The summed E-state index contributed by atoms with van der Waals surface area (Å²) in [6, 6.07) is 13.9. The number of hydrogen-bond donors (Lipinski definition) is 0. The first-order chi connectivity index (χ1) is 9.97. The van der Waals surface area contributed by atoms with Crippen molar-refractivity contribution >= 4 is 27.5 Å². The lowest BCUT2D eigenvalue weighted by molar-refractivity contribution is 0.0817. The lowest BCUT2D eigenvalue weighted by atomic mass is 10.1. The number of carbonyl (C=O) groups is 2. The molecule has 2 aromatic carbocycles. The molecule has 0 fully saturated rings. The second kappa shape index (κ2) is 6.68. The van der Waals surface area contributed by atoms with Crippen LogP contribution in [-0.2, 0) is 0 Å². The predicted molar refractivity (Wildman–Crippen MR) is 85.0 cm³/mol. The molecular formula is C17H15BrO3. The number of halogens is 1. The van der Waals surface area contributed by atoms with Crippen molar-refractivity contribution < 1.29 is 14.3 Å². The quantitative estimate of drug-likeness (QED) is 0.758. The second-order valence-electron chi connectivity index (χ2n) is 4.71. The van der Waals surface area contributed by atoms with Gasteiger partial charge in [-0.2, -0.15) is 0 Å². The SMILES string of the molecule is CC(=O)c1ccc(O[C@@H](C)C(=O)c2ccc(Br)cc2)cc1. The van der Waals surface area contributed by atoms with Gasteiger partial charge in [0.15, 0.2) is 11.9 Å². The van der Waals surface area contributed by atoms with Gasteiger partial charge in [0.2, 0.25) is 5.78 Å². The topological polar surface area (TPSA) is 43.4 Å². The minimum absolute atomic E-state index is 0.000498. The highest BCUT2D eigenvalue weighted by Crippen LogP contribution is 2.17. The normalized spacial score (nSPS) is 11.8. The zero-order valence-electron chi connectivity index (χ0n) is 11.8. The third-order valence-electron chi connectivity index (χ3n) is 3.07. The van der Waals surface area contributed by atoms with Gasteiger partial charge in [-0.25, -0.2) is 0 Å². The summed E-state index contributed by atoms with van der Waals surface area (Å²) in [6.07, 6.45) is -0.589. The van der Waals surface area contributed by atoms with E-state index in [1.54, 1.807) is 43.3 Å². The molecular weight excluding hydrogens is 332 g/mol. The van der Waals surface area contributed by atoms with Crippen LogP contribution in [-0.4, -0.2) is 17.7 Å².